The summed E-state index contributed by atoms with van der Waals surface area (Å²) in [7, 11) is 1.50. The van der Waals surface area contributed by atoms with Gasteiger partial charge in [0.05, 0.1) is 7.11 Å². The van der Waals surface area contributed by atoms with Gasteiger partial charge in [-0.15, -0.1) is 0 Å². The van der Waals surface area contributed by atoms with E-state index in [2.05, 4.69) is 4.90 Å². The Morgan fingerprint density at radius 3 is 2.56 bits per heavy atom. The summed E-state index contributed by atoms with van der Waals surface area (Å²) in [5.74, 6) is 0.862. The average molecular weight is 257 g/mol. The molecule has 1 aliphatic rings. The zero-order valence-corrected chi connectivity index (χ0v) is 10.4. The largest absolute Gasteiger partial charge is 0.493 e. The van der Waals surface area contributed by atoms with E-state index in [9.17, 15) is 8.78 Å². The van der Waals surface area contributed by atoms with Gasteiger partial charge in [-0.3, -0.25) is 0 Å². The van der Waals surface area contributed by atoms with E-state index in [-0.39, 0.29) is 0 Å². The maximum atomic E-state index is 12.2. The molecule has 0 aliphatic carbocycles. The summed E-state index contributed by atoms with van der Waals surface area (Å²) >= 11 is 0. The number of rotatable bonds is 5. The number of methoxy groups -OCH3 is 1. The van der Waals surface area contributed by atoms with Crippen molar-refractivity contribution in [3.8, 4) is 11.5 Å². The van der Waals surface area contributed by atoms with Crippen molar-refractivity contribution in [1.29, 1.82) is 0 Å². The lowest BCUT2D eigenvalue weighted by molar-refractivity contribution is 0.0804. The lowest BCUT2D eigenvalue weighted by Gasteiger charge is -2.19. The molecule has 0 saturated carbocycles. The Balaban J connectivity index is 2.15. The zero-order valence-electron chi connectivity index (χ0n) is 10.4. The Labute approximate surface area is 105 Å². The van der Waals surface area contributed by atoms with Gasteiger partial charge >= 0.3 is 0 Å². The lowest BCUT2D eigenvalue weighted by atomic mass is 10.2. The summed E-state index contributed by atoms with van der Waals surface area (Å²) < 4.78 is 34.6. The molecule has 1 heterocycles. The predicted molar refractivity (Wildman–Crippen MR) is 65.9 cm³/mol. The van der Waals surface area contributed by atoms with Gasteiger partial charge in [0.25, 0.3) is 6.43 Å². The van der Waals surface area contributed by atoms with Crippen LogP contribution in [-0.4, -0.2) is 33.2 Å². The molecule has 0 unspecified atom stereocenters. The molecule has 1 aliphatic heterocycles. The molecule has 5 heteroatoms. The average Bonchev–Trinajstić information content (AvgIpc) is 2.89. The van der Waals surface area contributed by atoms with Crippen LogP contribution in [0.3, 0.4) is 0 Å². The normalized spacial score (nSPS) is 15.2. The highest BCUT2D eigenvalue weighted by molar-refractivity contribution is 5.56. The molecular formula is C13H17F2NO2. The first kappa shape index (κ1) is 12.9. The van der Waals surface area contributed by atoms with Gasteiger partial charge in [-0.05, 0) is 25.0 Å². The summed E-state index contributed by atoms with van der Waals surface area (Å²) in [6.07, 6.45) is -0.149. The first-order chi connectivity index (χ1) is 8.70. The first-order valence-corrected chi connectivity index (χ1v) is 6.04. The number of hydrogen-bond acceptors (Lipinski definition) is 3. The Bertz CT molecular complexity index is 393. The monoisotopic (exact) mass is 257 g/mol. The molecule has 0 amide bonds. The van der Waals surface area contributed by atoms with Crippen molar-refractivity contribution in [2.24, 2.45) is 0 Å². The number of benzene rings is 1. The minimum atomic E-state index is -2.48. The second-order valence-corrected chi connectivity index (χ2v) is 4.23. The summed E-state index contributed by atoms with van der Waals surface area (Å²) in [5, 5.41) is 0. The fourth-order valence-corrected chi connectivity index (χ4v) is 2.10. The van der Waals surface area contributed by atoms with E-state index < -0.39 is 13.0 Å². The SMILES string of the molecule is COc1ccc(N2CCCC2)cc1OCC(F)F. The number of nitrogens with zero attached hydrogens (tertiary/aromatic N) is 1. The lowest BCUT2D eigenvalue weighted by Crippen LogP contribution is -2.17. The van der Waals surface area contributed by atoms with Crippen LogP contribution in [0, 0.1) is 0 Å². The quantitative estimate of drug-likeness (QED) is 0.809. The van der Waals surface area contributed by atoms with Gasteiger partial charge in [-0.25, -0.2) is 8.78 Å². The molecule has 1 saturated heterocycles. The minimum absolute atomic E-state index is 0.377. The number of anilines is 1. The molecule has 2 rings (SSSR count). The molecule has 1 fully saturated rings. The molecule has 0 atom stereocenters. The van der Waals surface area contributed by atoms with Crippen LogP contribution in [0.4, 0.5) is 14.5 Å². The molecule has 0 radical (unpaired) electrons. The third kappa shape index (κ3) is 3.03. The van der Waals surface area contributed by atoms with Crippen molar-refractivity contribution in [3.05, 3.63) is 18.2 Å². The Hall–Kier alpha value is -1.52. The van der Waals surface area contributed by atoms with Gasteiger partial charge in [-0.1, -0.05) is 0 Å². The fraction of sp³-hybridized carbons (Fsp3) is 0.538. The van der Waals surface area contributed by atoms with E-state index in [4.69, 9.17) is 9.47 Å². The van der Waals surface area contributed by atoms with Crippen molar-refractivity contribution in [1.82, 2.24) is 0 Å². The van der Waals surface area contributed by atoms with Crippen molar-refractivity contribution in [3.63, 3.8) is 0 Å². The molecule has 0 bridgehead atoms. The topological polar surface area (TPSA) is 21.7 Å². The molecule has 1 aromatic rings. The number of ether oxygens (including phenoxy) is 2. The second kappa shape index (κ2) is 5.89. The van der Waals surface area contributed by atoms with E-state index in [1.165, 1.54) is 20.0 Å². The highest BCUT2D eigenvalue weighted by Gasteiger charge is 2.15. The van der Waals surface area contributed by atoms with Gasteiger partial charge in [0.15, 0.2) is 11.5 Å². The number of hydrogen-bond donors (Lipinski definition) is 0. The molecule has 100 valence electrons. The zero-order chi connectivity index (χ0) is 13.0. The van der Waals surface area contributed by atoms with Gasteiger partial charge in [0, 0.05) is 24.8 Å². The third-order valence-corrected chi connectivity index (χ3v) is 2.98. The Morgan fingerprint density at radius 1 is 1.22 bits per heavy atom. The predicted octanol–water partition coefficient (Wildman–Crippen LogP) is 2.94. The van der Waals surface area contributed by atoms with Crippen LogP contribution < -0.4 is 14.4 Å². The van der Waals surface area contributed by atoms with Crippen LogP contribution in [0.15, 0.2) is 18.2 Å². The first-order valence-electron chi connectivity index (χ1n) is 6.04. The number of alkyl halides is 2. The minimum Gasteiger partial charge on any atom is -0.493 e. The van der Waals surface area contributed by atoms with Gasteiger partial charge < -0.3 is 14.4 Å². The van der Waals surface area contributed by atoms with Crippen molar-refractivity contribution in [2.75, 3.05) is 31.7 Å². The molecule has 1 aromatic carbocycles. The molecular weight excluding hydrogens is 240 g/mol. The van der Waals surface area contributed by atoms with Gasteiger partial charge in [0.1, 0.15) is 6.61 Å². The smallest absolute Gasteiger partial charge is 0.272 e. The summed E-state index contributed by atoms with van der Waals surface area (Å²) in [6, 6.07) is 5.46. The Morgan fingerprint density at radius 2 is 1.94 bits per heavy atom. The van der Waals surface area contributed by atoms with E-state index in [0.717, 1.165) is 18.8 Å². The molecule has 0 aromatic heterocycles. The van der Waals surface area contributed by atoms with Gasteiger partial charge in [0.2, 0.25) is 0 Å². The van der Waals surface area contributed by atoms with Gasteiger partial charge in [-0.2, -0.15) is 0 Å². The van der Waals surface area contributed by atoms with E-state index >= 15 is 0 Å². The highest BCUT2D eigenvalue weighted by atomic mass is 19.3. The molecule has 0 spiro atoms. The summed E-state index contributed by atoms with van der Waals surface area (Å²) in [4.78, 5) is 2.22. The maximum Gasteiger partial charge on any atom is 0.272 e. The molecule has 18 heavy (non-hydrogen) atoms. The van der Waals surface area contributed by atoms with E-state index in [1.807, 2.05) is 6.07 Å². The highest BCUT2D eigenvalue weighted by Crippen LogP contribution is 2.33. The molecule has 3 nitrogen and oxygen atoms in total. The van der Waals surface area contributed by atoms with Crippen molar-refractivity contribution < 1.29 is 18.3 Å². The van der Waals surface area contributed by atoms with Crippen LogP contribution in [0.5, 0.6) is 11.5 Å². The molecule has 0 N–H and O–H groups in total. The van der Waals surface area contributed by atoms with Crippen LogP contribution in [0.25, 0.3) is 0 Å². The van der Waals surface area contributed by atoms with Crippen molar-refractivity contribution >= 4 is 5.69 Å². The van der Waals surface area contributed by atoms with Crippen LogP contribution in [0.1, 0.15) is 12.8 Å². The van der Waals surface area contributed by atoms with Crippen LogP contribution in [0.2, 0.25) is 0 Å². The Kier molecular flexibility index (Phi) is 4.23. The summed E-state index contributed by atoms with van der Waals surface area (Å²) in [6.45, 7) is 1.39. The van der Waals surface area contributed by atoms with E-state index in [0.29, 0.717) is 11.5 Å². The van der Waals surface area contributed by atoms with Crippen LogP contribution >= 0.6 is 0 Å². The second-order valence-electron chi connectivity index (χ2n) is 4.23. The van der Waals surface area contributed by atoms with Crippen molar-refractivity contribution in [2.45, 2.75) is 19.3 Å². The maximum absolute atomic E-state index is 12.2. The third-order valence-electron chi connectivity index (χ3n) is 2.98. The fourth-order valence-electron chi connectivity index (χ4n) is 2.10. The van der Waals surface area contributed by atoms with Crippen LogP contribution in [-0.2, 0) is 0 Å². The standard InChI is InChI=1S/C13H17F2NO2/c1-17-11-5-4-10(16-6-2-3-7-16)8-12(11)18-9-13(14)15/h4-5,8,13H,2-3,6-7,9H2,1H3. The van der Waals surface area contributed by atoms with E-state index in [1.54, 1.807) is 12.1 Å². The number of halogens is 2. The summed E-state index contributed by atoms with van der Waals surface area (Å²) in [5.41, 5.74) is 0.998.